The lowest BCUT2D eigenvalue weighted by Gasteiger charge is -2.19. The van der Waals surface area contributed by atoms with Crippen LogP contribution in [-0.4, -0.2) is 9.78 Å². The van der Waals surface area contributed by atoms with Gasteiger partial charge in [0.25, 0.3) is 0 Å². The molecule has 1 aliphatic rings. The zero-order chi connectivity index (χ0) is 11.5. The van der Waals surface area contributed by atoms with Crippen LogP contribution in [0.15, 0.2) is 6.07 Å². The van der Waals surface area contributed by atoms with Crippen molar-refractivity contribution < 1.29 is 0 Å². The molecule has 3 nitrogen and oxygen atoms in total. The number of aryl methyl sites for hydroxylation is 2. The minimum atomic E-state index is 0.190. The average molecular weight is 221 g/mol. The summed E-state index contributed by atoms with van der Waals surface area (Å²) in [5, 5.41) is 4.58. The van der Waals surface area contributed by atoms with Crippen LogP contribution in [0.25, 0.3) is 0 Å². The van der Waals surface area contributed by atoms with Gasteiger partial charge in [0, 0.05) is 12.6 Å². The standard InChI is InChI=1S/C13H23N3/c1-3-11-9-12(16(4-2)15-11)13(14)10-7-5-6-8-10/h9-10,13H,3-8,14H2,1-2H3. The molecule has 0 spiro atoms. The van der Waals surface area contributed by atoms with Crippen LogP contribution in [0.2, 0.25) is 0 Å². The predicted octanol–water partition coefficient (Wildman–Crippen LogP) is 2.66. The van der Waals surface area contributed by atoms with Gasteiger partial charge >= 0.3 is 0 Å². The van der Waals surface area contributed by atoms with E-state index in [1.165, 1.54) is 37.1 Å². The summed E-state index contributed by atoms with van der Waals surface area (Å²) in [5.74, 6) is 0.673. The first kappa shape index (κ1) is 11.6. The Morgan fingerprint density at radius 1 is 1.44 bits per heavy atom. The Morgan fingerprint density at radius 2 is 2.12 bits per heavy atom. The predicted molar refractivity (Wildman–Crippen MR) is 66.2 cm³/mol. The molecule has 0 amide bonds. The van der Waals surface area contributed by atoms with Crippen molar-refractivity contribution in [1.82, 2.24) is 9.78 Å². The van der Waals surface area contributed by atoms with E-state index in [-0.39, 0.29) is 6.04 Å². The lowest BCUT2D eigenvalue weighted by Crippen LogP contribution is -2.22. The monoisotopic (exact) mass is 221 g/mol. The number of hydrogen-bond acceptors (Lipinski definition) is 2. The van der Waals surface area contributed by atoms with Gasteiger partial charge in [-0.15, -0.1) is 0 Å². The SMILES string of the molecule is CCc1cc(C(N)C2CCCC2)n(CC)n1. The van der Waals surface area contributed by atoms with Gasteiger partial charge in [0.1, 0.15) is 0 Å². The Morgan fingerprint density at radius 3 is 2.69 bits per heavy atom. The lowest BCUT2D eigenvalue weighted by atomic mass is 9.96. The number of rotatable bonds is 4. The maximum absolute atomic E-state index is 6.38. The van der Waals surface area contributed by atoms with Gasteiger partial charge in [-0.25, -0.2) is 0 Å². The quantitative estimate of drug-likeness (QED) is 0.849. The minimum Gasteiger partial charge on any atom is -0.322 e. The fourth-order valence-corrected chi connectivity index (χ4v) is 2.74. The maximum Gasteiger partial charge on any atom is 0.0625 e. The number of aromatic nitrogens is 2. The number of nitrogens with zero attached hydrogens (tertiary/aromatic N) is 2. The van der Waals surface area contributed by atoms with E-state index >= 15 is 0 Å². The molecule has 1 saturated carbocycles. The highest BCUT2D eigenvalue weighted by atomic mass is 15.3. The van der Waals surface area contributed by atoms with Crippen LogP contribution in [0.1, 0.15) is 57.0 Å². The molecule has 1 aromatic heterocycles. The first-order valence-electron chi connectivity index (χ1n) is 6.58. The van der Waals surface area contributed by atoms with Gasteiger partial charge in [0.05, 0.1) is 11.4 Å². The summed E-state index contributed by atoms with van der Waals surface area (Å²) in [4.78, 5) is 0. The Labute approximate surface area is 98.0 Å². The summed E-state index contributed by atoms with van der Waals surface area (Å²) in [7, 11) is 0. The van der Waals surface area contributed by atoms with Gasteiger partial charge in [0.2, 0.25) is 0 Å². The van der Waals surface area contributed by atoms with Crippen LogP contribution in [0, 0.1) is 5.92 Å². The lowest BCUT2D eigenvalue weighted by molar-refractivity contribution is 0.415. The van der Waals surface area contributed by atoms with E-state index in [1.807, 2.05) is 0 Å². The van der Waals surface area contributed by atoms with Gasteiger partial charge in [-0.05, 0) is 38.2 Å². The molecule has 1 heterocycles. The molecule has 0 bridgehead atoms. The summed E-state index contributed by atoms with van der Waals surface area (Å²) in [6, 6.07) is 2.39. The smallest absolute Gasteiger partial charge is 0.0625 e. The molecular weight excluding hydrogens is 198 g/mol. The van der Waals surface area contributed by atoms with Crippen molar-refractivity contribution in [2.24, 2.45) is 11.7 Å². The largest absolute Gasteiger partial charge is 0.322 e. The third-order valence-corrected chi connectivity index (χ3v) is 3.77. The Balaban J connectivity index is 2.20. The van der Waals surface area contributed by atoms with Crippen LogP contribution < -0.4 is 5.73 Å². The second kappa shape index (κ2) is 5.00. The van der Waals surface area contributed by atoms with Crippen LogP contribution in [0.5, 0.6) is 0 Å². The van der Waals surface area contributed by atoms with Gasteiger partial charge in [-0.3, -0.25) is 4.68 Å². The second-order valence-electron chi connectivity index (χ2n) is 4.80. The van der Waals surface area contributed by atoms with Gasteiger partial charge in [-0.2, -0.15) is 5.10 Å². The van der Waals surface area contributed by atoms with Gasteiger partial charge in [-0.1, -0.05) is 19.8 Å². The van der Waals surface area contributed by atoms with Crippen molar-refractivity contribution in [3.05, 3.63) is 17.5 Å². The van der Waals surface area contributed by atoms with Crippen LogP contribution in [0.4, 0.5) is 0 Å². The Hall–Kier alpha value is -0.830. The topological polar surface area (TPSA) is 43.8 Å². The zero-order valence-electron chi connectivity index (χ0n) is 10.4. The van der Waals surface area contributed by atoms with Crippen molar-refractivity contribution in [3.8, 4) is 0 Å². The molecule has 2 N–H and O–H groups in total. The molecule has 3 heteroatoms. The molecule has 0 saturated heterocycles. The molecule has 0 radical (unpaired) electrons. The van der Waals surface area contributed by atoms with Crippen LogP contribution in [-0.2, 0) is 13.0 Å². The van der Waals surface area contributed by atoms with Crippen molar-refractivity contribution in [3.63, 3.8) is 0 Å². The third-order valence-electron chi connectivity index (χ3n) is 3.77. The van der Waals surface area contributed by atoms with Crippen LogP contribution in [0.3, 0.4) is 0 Å². The zero-order valence-corrected chi connectivity index (χ0v) is 10.4. The van der Waals surface area contributed by atoms with Crippen molar-refractivity contribution >= 4 is 0 Å². The van der Waals surface area contributed by atoms with E-state index in [2.05, 4.69) is 29.7 Å². The highest BCUT2D eigenvalue weighted by molar-refractivity contribution is 5.15. The summed E-state index contributed by atoms with van der Waals surface area (Å²) >= 11 is 0. The van der Waals surface area contributed by atoms with Gasteiger partial charge in [0.15, 0.2) is 0 Å². The van der Waals surface area contributed by atoms with E-state index in [0.717, 1.165) is 13.0 Å². The minimum absolute atomic E-state index is 0.190. The normalized spacial score (nSPS) is 19.2. The van der Waals surface area contributed by atoms with E-state index in [9.17, 15) is 0 Å². The first-order chi connectivity index (χ1) is 7.76. The number of nitrogens with two attached hydrogens (primary N) is 1. The fourth-order valence-electron chi connectivity index (χ4n) is 2.74. The van der Waals surface area contributed by atoms with Crippen molar-refractivity contribution in [1.29, 1.82) is 0 Å². The summed E-state index contributed by atoms with van der Waals surface area (Å²) in [6.07, 6.45) is 6.27. The summed E-state index contributed by atoms with van der Waals surface area (Å²) < 4.78 is 2.09. The second-order valence-corrected chi connectivity index (χ2v) is 4.80. The van der Waals surface area contributed by atoms with E-state index in [4.69, 9.17) is 5.73 Å². The first-order valence-corrected chi connectivity index (χ1v) is 6.58. The van der Waals surface area contributed by atoms with E-state index in [1.54, 1.807) is 0 Å². The van der Waals surface area contributed by atoms with Gasteiger partial charge < -0.3 is 5.73 Å². The Kier molecular flexibility index (Phi) is 3.64. The molecule has 1 fully saturated rings. The highest BCUT2D eigenvalue weighted by Gasteiger charge is 2.25. The number of hydrogen-bond donors (Lipinski definition) is 1. The fraction of sp³-hybridized carbons (Fsp3) is 0.769. The molecule has 1 aliphatic carbocycles. The summed E-state index contributed by atoms with van der Waals surface area (Å²) in [5.41, 5.74) is 8.80. The average Bonchev–Trinajstić information content (AvgIpc) is 2.96. The molecule has 16 heavy (non-hydrogen) atoms. The molecule has 1 atom stereocenters. The third kappa shape index (κ3) is 2.14. The molecule has 0 aliphatic heterocycles. The van der Waals surface area contributed by atoms with Crippen molar-refractivity contribution in [2.45, 2.75) is 58.5 Å². The molecule has 0 aromatic carbocycles. The van der Waals surface area contributed by atoms with E-state index < -0.39 is 0 Å². The maximum atomic E-state index is 6.38. The highest BCUT2D eigenvalue weighted by Crippen LogP contribution is 2.34. The van der Waals surface area contributed by atoms with E-state index in [0.29, 0.717) is 5.92 Å². The Bertz CT molecular complexity index is 337. The van der Waals surface area contributed by atoms with Crippen LogP contribution >= 0.6 is 0 Å². The molecule has 1 unspecified atom stereocenters. The molecule has 2 rings (SSSR count). The molecule has 1 aromatic rings. The molecular formula is C13H23N3. The molecule has 90 valence electrons. The van der Waals surface area contributed by atoms with Crippen molar-refractivity contribution in [2.75, 3.05) is 0 Å². The summed E-state index contributed by atoms with van der Waals surface area (Å²) in [6.45, 7) is 5.21.